The lowest BCUT2D eigenvalue weighted by molar-refractivity contribution is 0.204. The van der Waals surface area contributed by atoms with Crippen LogP contribution in [-0.4, -0.2) is 32.4 Å². The van der Waals surface area contributed by atoms with Gasteiger partial charge in [-0.2, -0.15) is 4.31 Å². The van der Waals surface area contributed by atoms with Crippen molar-refractivity contribution < 1.29 is 12.8 Å². The molecular formula is C14H20ClFN2O2S. The summed E-state index contributed by atoms with van der Waals surface area (Å²) in [5.41, 5.74) is 5.77. The van der Waals surface area contributed by atoms with Crippen molar-refractivity contribution in [3.8, 4) is 0 Å². The Balaban J connectivity index is 2.31. The summed E-state index contributed by atoms with van der Waals surface area (Å²) in [5.74, 6) is -0.467. The third-order valence-corrected chi connectivity index (χ3v) is 6.38. The fraction of sp³-hybridized carbons (Fsp3) is 0.571. The molecule has 118 valence electrons. The van der Waals surface area contributed by atoms with Gasteiger partial charge in [-0.1, -0.05) is 24.4 Å². The van der Waals surface area contributed by atoms with E-state index in [-0.39, 0.29) is 21.9 Å². The number of sulfonamides is 1. The summed E-state index contributed by atoms with van der Waals surface area (Å²) < 4.78 is 39.9. The topological polar surface area (TPSA) is 63.4 Å². The number of nitrogens with two attached hydrogens (primary N) is 1. The SMILES string of the molecule is CN(C1CCCCC1CN)S(=O)(=O)c1ccc(F)c(Cl)c1. The van der Waals surface area contributed by atoms with E-state index in [1.165, 1.54) is 10.4 Å². The highest BCUT2D eigenvalue weighted by Gasteiger charge is 2.34. The predicted molar refractivity (Wildman–Crippen MR) is 81.2 cm³/mol. The number of nitrogens with zero attached hydrogens (tertiary/aromatic N) is 1. The zero-order chi connectivity index (χ0) is 15.6. The van der Waals surface area contributed by atoms with Crippen LogP contribution >= 0.6 is 11.6 Å². The van der Waals surface area contributed by atoms with Crippen molar-refractivity contribution in [2.75, 3.05) is 13.6 Å². The first-order chi connectivity index (χ1) is 9.87. The van der Waals surface area contributed by atoms with Gasteiger partial charge in [0.2, 0.25) is 10.0 Å². The highest BCUT2D eigenvalue weighted by Crippen LogP contribution is 2.31. The van der Waals surface area contributed by atoms with Crippen molar-refractivity contribution in [3.63, 3.8) is 0 Å². The molecule has 2 N–H and O–H groups in total. The Labute approximate surface area is 130 Å². The van der Waals surface area contributed by atoms with E-state index in [2.05, 4.69) is 0 Å². The van der Waals surface area contributed by atoms with Crippen LogP contribution < -0.4 is 5.73 Å². The molecule has 1 aromatic rings. The molecule has 0 spiro atoms. The second-order valence-corrected chi connectivity index (χ2v) is 7.85. The Hall–Kier alpha value is -0.690. The van der Waals surface area contributed by atoms with E-state index in [9.17, 15) is 12.8 Å². The van der Waals surface area contributed by atoms with Gasteiger partial charge in [0, 0.05) is 13.1 Å². The van der Waals surface area contributed by atoms with E-state index in [4.69, 9.17) is 17.3 Å². The van der Waals surface area contributed by atoms with Crippen LogP contribution in [0.3, 0.4) is 0 Å². The molecule has 0 aliphatic heterocycles. The molecule has 1 aliphatic carbocycles. The van der Waals surface area contributed by atoms with Crippen LogP contribution in [0.1, 0.15) is 25.7 Å². The number of hydrogen-bond donors (Lipinski definition) is 1. The summed E-state index contributed by atoms with van der Waals surface area (Å²) >= 11 is 5.69. The minimum Gasteiger partial charge on any atom is -0.330 e. The molecule has 4 nitrogen and oxygen atoms in total. The second-order valence-electron chi connectivity index (χ2n) is 5.44. The Morgan fingerprint density at radius 3 is 2.67 bits per heavy atom. The quantitative estimate of drug-likeness (QED) is 0.920. The van der Waals surface area contributed by atoms with Gasteiger partial charge in [-0.25, -0.2) is 12.8 Å². The average molecular weight is 335 g/mol. The van der Waals surface area contributed by atoms with Crippen molar-refractivity contribution in [1.82, 2.24) is 4.31 Å². The average Bonchev–Trinajstić information content (AvgIpc) is 2.49. The lowest BCUT2D eigenvalue weighted by Crippen LogP contribution is -2.45. The van der Waals surface area contributed by atoms with Gasteiger partial charge >= 0.3 is 0 Å². The zero-order valence-corrected chi connectivity index (χ0v) is 13.5. The first-order valence-corrected chi connectivity index (χ1v) is 8.83. The van der Waals surface area contributed by atoms with E-state index in [1.807, 2.05) is 0 Å². The Bertz CT molecular complexity index is 609. The fourth-order valence-electron chi connectivity index (χ4n) is 2.92. The molecule has 2 rings (SSSR count). The van der Waals surface area contributed by atoms with Gasteiger partial charge in [0.05, 0.1) is 9.92 Å². The van der Waals surface area contributed by atoms with Crippen molar-refractivity contribution in [1.29, 1.82) is 0 Å². The maximum atomic E-state index is 13.2. The summed E-state index contributed by atoms with van der Waals surface area (Å²) in [4.78, 5) is 0.0118. The van der Waals surface area contributed by atoms with Crippen molar-refractivity contribution in [2.24, 2.45) is 11.7 Å². The summed E-state index contributed by atoms with van der Waals surface area (Å²) in [7, 11) is -2.13. The van der Waals surface area contributed by atoms with E-state index >= 15 is 0 Å². The summed E-state index contributed by atoms with van der Waals surface area (Å²) in [6, 6.07) is 3.36. The maximum Gasteiger partial charge on any atom is 0.243 e. The van der Waals surface area contributed by atoms with Crippen LogP contribution in [-0.2, 0) is 10.0 Å². The summed E-state index contributed by atoms with van der Waals surface area (Å²) in [6.07, 6.45) is 3.80. The Kier molecular flexibility index (Phi) is 5.24. The van der Waals surface area contributed by atoms with Crippen LogP contribution in [0.25, 0.3) is 0 Å². The number of benzene rings is 1. The smallest absolute Gasteiger partial charge is 0.243 e. The largest absolute Gasteiger partial charge is 0.330 e. The van der Waals surface area contributed by atoms with Crippen molar-refractivity contribution in [3.05, 3.63) is 29.0 Å². The normalized spacial score (nSPS) is 23.5. The first kappa shape index (κ1) is 16.7. The van der Waals surface area contributed by atoms with Gasteiger partial charge in [-0.3, -0.25) is 0 Å². The molecule has 0 bridgehead atoms. The standard InChI is InChI=1S/C14H20ClFN2O2S/c1-18(14-5-3-2-4-10(14)9-17)21(19,20)11-6-7-13(16)12(15)8-11/h6-8,10,14H,2-5,9,17H2,1H3. The van der Waals surface area contributed by atoms with Crippen LogP contribution in [0, 0.1) is 11.7 Å². The molecule has 2 atom stereocenters. The lowest BCUT2D eigenvalue weighted by Gasteiger charge is -2.36. The van der Waals surface area contributed by atoms with Crippen molar-refractivity contribution in [2.45, 2.75) is 36.6 Å². The lowest BCUT2D eigenvalue weighted by atomic mass is 9.85. The van der Waals surface area contributed by atoms with Crippen LogP contribution in [0.4, 0.5) is 4.39 Å². The molecule has 0 amide bonds. The van der Waals surface area contributed by atoms with Crippen LogP contribution in [0.15, 0.2) is 23.1 Å². The minimum atomic E-state index is -3.69. The van der Waals surface area contributed by atoms with Gasteiger partial charge in [0.25, 0.3) is 0 Å². The molecule has 1 fully saturated rings. The van der Waals surface area contributed by atoms with Gasteiger partial charge in [-0.05, 0) is 43.5 Å². The van der Waals surface area contributed by atoms with E-state index in [0.717, 1.165) is 37.8 Å². The third-order valence-electron chi connectivity index (χ3n) is 4.21. The van der Waals surface area contributed by atoms with E-state index < -0.39 is 15.8 Å². The Morgan fingerprint density at radius 1 is 1.38 bits per heavy atom. The monoisotopic (exact) mass is 334 g/mol. The van der Waals surface area contributed by atoms with Gasteiger partial charge in [0.15, 0.2) is 0 Å². The first-order valence-electron chi connectivity index (χ1n) is 7.01. The van der Waals surface area contributed by atoms with E-state index in [0.29, 0.717) is 6.54 Å². The molecule has 1 saturated carbocycles. The molecule has 1 aliphatic rings. The predicted octanol–water partition coefficient (Wildman–Crippen LogP) is 2.62. The third kappa shape index (κ3) is 3.39. The number of rotatable bonds is 4. The second kappa shape index (κ2) is 6.60. The molecule has 0 radical (unpaired) electrons. The van der Waals surface area contributed by atoms with Crippen molar-refractivity contribution >= 4 is 21.6 Å². The fourth-order valence-corrected chi connectivity index (χ4v) is 4.64. The molecule has 1 aromatic carbocycles. The zero-order valence-electron chi connectivity index (χ0n) is 11.9. The molecule has 2 unspecified atom stereocenters. The summed E-state index contributed by atoms with van der Waals surface area (Å²) in [6.45, 7) is 0.467. The van der Waals surface area contributed by atoms with Crippen LogP contribution in [0.5, 0.6) is 0 Å². The number of halogens is 2. The molecule has 0 saturated heterocycles. The van der Waals surface area contributed by atoms with Gasteiger partial charge in [-0.15, -0.1) is 0 Å². The van der Waals surface area contributed by atoms with E-state index in [1.54, 1.807) is 7.05 Å². The Morgan fingerprint density at radius 2 is 2.05 bits per heavy atom. The maximum absolute atomic E-state index is 13.2. The van der Waals surface area contributed by atoms with Crippen LogP contribution in [0.2, 0.25) is 5.02 Å². The molecule has 0 heterocycles. The molecule has 21 heavy (non-hydrogen) atoms. The highest BCUT2D eigenvalue weighted by molar-refractivity contribution is 7.89. The summed E-state index contributed by atoms with van der Waals surface area (Å²) in [5, 5.41) is -0.191. The highest BCUT2D eigenvalue weighted by atomic mass is 35.5. The molecule has 7 heteroatoms. The van der Waals surface area contributed by atoms with Gasteiger partial charge < -0.3 is 5.73 Å². The molecule has 0 aromatic heterocycles. The minimum absolute atomic E-state index is 0.0118. The number of hydrogen-bond acceptors (Lipinski definition) is 3. The molecular weight excluding hydrogens is 315 g/mol. The van der Waals surface area contributed by atoms with Gasteiger partial charge in [0.1, 0.15) is 5.82 Å².